The van der Waals surface area contributed by atoms with Crippen molar-refractivity contribution in [2.75, 3.05) is 19.7 Å². The van der Waals surface area contributed by atoms with Crippen LogP contribution in [0.1, 0.15) is 46.5 Å². The summed E-state index contributed by atoms with van der Waals surface area (Å²) < 4.78 is 35.8. The van der Waals surface area contributed by atoms with E-state index in [1.165, 1.54) is 10.4 Å². The van der Waals surface area contributed by atoms with E-state index in [2.05, 4.69) is 74.2 Å². The van der Waals surface area contributed by atoms with E-state index in [0.29, 0.717) is 19.6 Å². The first-order chi connectivity index (χ1) is 14.6. The molecule has 2 atom stereocenters. The van der Waals surface area contributed by atoms with E-state index in [0.717, 1.165) is 19.4 Å². The van der Waals surface area contributed by atoms with Gasteiger partial charge in [0.2, 0.25) is 0 Å². The van der Waals surface area contributed by atoms with Gasteiger partial charge in [-0.05, 0) is 41.2 Å². The molecule has 2 aromatic carbocycles. The summed E-state index contributed by atoms with van der Waals surface area (Å²) >= 11 is 0. The smallest absolute Gasteiger partial charge is 0.261 e. The van der Waals surface area contributed by atoms with Crippen molar-refractivity contribution in [2.45, 2.75) is 63.0 Å². The van der Waals surface area contributed by atoms with Gasteiger partial charge in [-0.15, -0.1) is 0 Å². The predicted molar refractivity (Wildman–Crippen MR) is 124 cm³/mol. The summed E-state index contributed by atoms with van der Waals surface area (Å²) in [6, 6.07) is 21.2. The Bertz CT molecular complexity index is 905. The highest BCUT2D eigenvalue weighted by Crippen LogP contribution is 2.69. The highest BCUT2D eigenvalue weighted by atomic mass is 28.4. The van der Waals surface area contributed by atoms with Crippen molar-refractivity contribution in [3.05, 3.63) is 60.7 Å². The Labute approximate surface area is 185 Å². The quantitative estimate of drug-likeness (QED) is 0.617. The summed E-state index contributed by atoms with van der Waals surface area (Å²) in [4.78, 5) is 2.34. The lowest BCUT2D eigenvalue weighted by Gasteiger charge is -2.45. The van der Waals surface area contributed by atoms with Gasteiger partial charge in [-0.1, -0.05) is 81.4 Å². The zero-order valence-electron chi connectivity index (χ0n) is 18.8. The number of hydrogen-bond acceptors (Lipinski definition) is 2. The lowest BCUT2D eigenvalue weighted by Crippen LogP contribution is -2.68. The van der Waals surface area contributed by atoms with Crippen LogP contribution in [0.15, 0.2) is 60.7 Å². The van der Waals surface area contributed by atoms with Crippen molar-refractivity contribution >= 4 is 18.7 Å². The molecule has 2 nitrogen and oxygen atoms in total. The molecule has 1 spiro atoms. The number of fused-ring (bicyclic) bond motifs is 1. The second-order valence-electron chi connectivity index (χ2n) is 11.0. The SMILES string of the molecule is CC(C)(C)[Si](OCC12CCCN1C[C@]1(C2)CC1(F)F)(c1ccccc1)c1ccccc1. The summed E-state index contributed by atoms with van der Waals surface area (Å²) in [5.74, 6) is -2.50. The molecule has 0 aromatic heterocycles. The molecular formula is C26H33F2NOSi. The fourth-order valence-electron chi connectivity index (χ4n) is 6.46. The molecule has 0 radical (unpaired) electrons. The molecule has 2 aliphatic heterocycles. The zero-order chi connectivity index (χ0) is 22.0. The summed E-state index contributed by atoms with van der Waals surface area (Å²) in [5.41, 5.74) is -1.05. The molecule has 1 aliphatic carbocycles. The second kappa shape index (κ2) is 6.97. The van der Waals surface area contributed by atoms with E-state index in [1.54, 1.807) is 0 Å². The number of halogens is 2. The molecule has 3 fully saturated rings. The van der Waals surface area contributed by atoms with Crippen LogP contribution in [0.5, 0.6) is 0 Å². The van der Waals surface area contributed by atoms with Crippen molar-refractivity contribution < 1.29 is 13.2 Å². The lowest BCUT2D eigenvalue weighted by molar-refractivity contribution is 0.0647. The van der Waals surface area contributed by atoms with E-state index in [-0.39, 0.29) is 17.0 Å². The fourth-order valence-corrected chi connectivity index (χ4v) is 11.1. The van der Waals surface area contributed by atoms with Gasteiger partial charge in [-0.2, -0.15) is 0 Å². The van der Waals surface area contributed by atoms with Gasteiger partial charge in [-0.3, -0.25) is 4.90 Å². The van der Waals surface area contributed by atoms with Crippen LogP contribution in [0, 0.1) is 5.41 Å². The molecule has 2 heterocycles. The van der Waals surface area contributed by atoms with Gasteiger partial charge in [0.15, 0.2) is 0 Å². The van der Waals surface area contributed by atoms with E-state index >= 15 is 0 Å². The maximum atomic E-state index is 14.3. The number of hydrogen-bond donors (Lipinski definition) is 0. The third-order valence-corrected chi connectivity index (χ3v) is 13.1. The Kier molecular flexibility index (Phi) is 4.78. The van der Waals surface area contributed by atoms with Crippen molar-refractivity contribution in [3.8, 4) is 0 Å². The molecule has 0 bridgehead atoms. The number of rotatable bonds is 5. The van der Waals surface area contributed by atoms with Gasteiger partial charge in [0.25, 0.3) is 14.2 Å². The fraction of sp³-hybridized carbons (Fsp3) is 0.538. The van der Waals surface area contributed by atoms with Gasteiger partial charge in [0, 0.05) is 18.5 Å². The Morgan fingerprint density at radius 3 is 1.97 bits per heavy atom. The topological polar surface area (TPSA) is 12.5 Å². The Morgan fingerprint density at radius 2 is 1.48 bits per heavy atom. The van der Waals surface area contributed by atoms with Crippen molar-refractivity contribution in [3.63, 3.8) is 0 Å². The van der Waals surface area contributed by atoms with Crippen LogP contribution in [-0.4, -0.2) is 44.4 Å². The molecule has 3 aliphatic rings. The molecule has 2 aromatic rings. The summed E-state index contributed by atoms with van der Waals surface area (Å²) in [6.45, 7) is 8.81. The third kappa shape index (κ3) is 3.15. The first kappa shape index (κ1) is 21.3. The van der Waals surface area contributed by atoms with Crippen LogP contribution in [0.25, 0.3) is 0 Å². The van der Waals surface area contributed by atoms with E-state index in [9.17, 15) is 8.78 Å². The monoisotopic (exact) mass is 441 g/mol. The first-order valence-corrected chi connectivity index (χ1v) is 13.4. The maximum absolute atomic E-state index is 14.3. The molecule has 0 N–H and O–H groups in total. The van der Waals surface area contributed by atoms with Gasteiger partial charge in [0.1, 0.15) is 0 Å². The zero-order valence-corrected chi connectivity index (χ0v) is 19.8. The molecule has 166 valence electrons. The van der Waals surface area contributed by atoms with Crippen LogP contribution in [0.3, 0.4) is 0 Å². The number of benzene rings is 2. The number of nitrogens with zero attached hydrogens (tertiary/aromatic N) is 1. The molecule has 0 amide bonds. The largest absolute Gasteiger partial charge is 0.406 e. The van der Waals surface area contributed by atoms with Crippen LogP contribution >= 0.6 is 0 Å². The van der Waals surface area contributed by atoms with E-state index < -0.39 is 19.7 Å². The van der Waals surface area contributed by atoms with Gasteiger partial charge in [-0.25, -0.2) is 8.78 Å². The van der Waals surface area contributed by atoms with Crippen LogP contribution in [-0.2, 0) is 4.43 Å². The van der Waals surface area contributed by atoms with Gasteiger partial charge < -0.3 is 4.43 Å². The highest BCUT2D eigenvalue weighted by Gasteiger charge is 2.77. The minimum atomic E-state index is -2.66. The summed E-state index contributed by atoms with van der Waals surface area (Å²) in [6.07, 6.45) is 2.66. The van der Waals surface area contributed by atoms with Crippen LogP contribution in [0.4, 0.5) is 8.78 Å². The Hall–Kier alpha value is -1.56. The Balaban J connectivity index is 1.54. The average Bonchev–Trinajstić information content (AvgIpc) is 2.98. The maximum Gasteiger partial charge on any atom is 0.261 e. The first-order valence-electron chi connectivity index (χ1n) is 11.5. The molecule has 1 saturated carbocycles. The van der Waals surface area contributed by atoms with Crippen molar-refractivity contribution in [1.29, 1.82) is 0 Å². The normalized spacial score (nSPS) is 30.0. The second-order valence-corrected chi connectivity index (χ2v) is 15.3. The minimum Gasteiger partial charge on any atom is -0.406 e. The molecule has 1 unspecified atom stereocenters. The minimum absolute atomic E-state index is 0.0530. The van der Waals surface area contributed by atoms with Gasteiger partial charge >= 0.3 is 0 Å². The summed E-state index contributed by atoms with van der Waals surface area (Å²) in [7, 11) is -2.66. The van der Waals surface area contributed by atoms with Crippen LogP contribution in [0.2, 0.25) is 5.04 Å². The lowest BCUT2D eigenvalue weighted by atomic mass is 9.89. The molecule has 31 heavy (non-hydrogen) atoms. The van der Waals surface area contributed by atoms with Crippen molar-refractivity contribution in [1.82, 2.24) is 4.90 Å². The standard InChI is InChI=1S/C26H33F2NOSi/c1-23(2,3)31(21-11-6-4-7-12-21,22-13-8-5-9-14-22)30-20-25-15-10-16-29(25)19-24(17-25)18-26(24,27)28/h4-9,11-14H,10,15-20H2,1-3H3/t24-,25?/m0/s1. The molecular weight excluding hydrogens is 408 g/mol. The number of alkyl halides is 2. The molecule has 2 saturated heterocycles. The van der Waals surface area contributed by atoms with E-state index in [4.69, 9.17) is 4.43 Å². The van der Waals surface area contributed by atoms with E-state index in [1.807, 2.05) is 12.1 Å². The highest BCUT2D eigenvalue weighted by molar-refractivity contribution is 6.99. The molecule has 5 rings (SSSR count). The van der Waals surface area contributed by atoms with Crippen LogP contribution < -0.4 is 10.4 Å². The third-order valence-electron chi connectivity index (χ3n) is 8.09. The van der Waals surface area contributed by atoms with Gasteiger partial charge in [0.05, 0.1) is 12.0 Å². The summed E-state index contributed by atoms with van der Waals surface area (Å²) in [5, 5.41) is 2.40. The van der Waals surface area contributed by atoms with Crippen molar-refractivity contribution in [2.24, 2.45) is 5.41 Å². The Morgan fingerprint density at radius 1 is 0.935 bits per heavy atom. The predicted octanol–water partition coefficient (Wildman–Crippen LogP) is 4.83. The molecule has 5 heteroatoms. The average molecular weight is 442 g/mol.